The van der Waals surface area contributed by atoms with E-state index in [1.807, 2.05) is 43.3 Å². The summed E-state index contributed by atoms with van der Waals surface area (Å²) in [5, 5.41) is 2.95. The highest BCUT2D eigenvalue weighted by molar-refractivity contribution is 7.13. The summed E-state index contributed by atoms with van der Waals surface area (Å²) >= 11 is 1.50. The molecule has 0 saturated heterocycles. The predicted molar refractivity (Wildman–Crippen MR) is 87.7 cm³/mol. The van der Waals surface area contributed by atoms with Crippen LogP contribution in [0.15, 0.2) is 55.0 Å². The molecule has 3 aromatic rings. The summed E-state index contributed by atoms with van der Waals surface area (Å²) < 4.78 is 0. The summed E-state index contributed by atoms with van der Waals surface area (Å²) in [6.07, 6.45) is 5.23. The minimum absolute atomic E-state index is 0.0531. The van der Waals surface area contributed by atoms with E-state index < -0.39 is 0 Å². The zero-order valence-electron chi connectivity index (χ0n) is 12.1. The van der Waals surface area contributed by atoms with Crippen molar-refractivity contribution in [3.8, 4) is 11.3 Å². The van der Waals surface area contributed by atoms with Gasteiger partial charge in [-0.05, 0) is 42.8 Å². The number of thiophene rings is 1. The molecule has 0 aromatic carbocycles. The summed E-state index contributed by atoms with van der Waals surface area (Å²) in [5.74, 6) is -0.0531. The van der Waals surface area contributed by atoms with Crippen molar-refractivity contribution >= 4 is 17.2 Å². The van der Waals surface area contributed by atoms with Gasteiger partial charge in [0.15, 0.2) is 0 Å². The Hall–Kier alpha value is -2.53. The first-order chi connectivity index (χ1) is 10.7. The van der Waals surface area contributed by atoms with Gasteiger partial charge in [0.2, 0.25) is 0 Å². The first-order valence-electron chi connectivity index (χ1n) is 6.93. The van der Waals surface area contributed by atoms with E-state index in [9.17, 15) is 4.79 Å². The molecule has 0 radical (unpaired) electrons. The van der Waals surface area contributed by atoms with Crippen LogP contribution < -0.4 is 5.32 Å². The molecule has 0 aliphatic rings. The lowest BCUT2D eigenvalue weighted by atomic mass is 10.1. The number of aromatic nitrogens is 2. The second-order valence-corrected chi connectivity index (χ2v) is 6.13. The molecule has 0 spiro atoms. The van der Waals surface area contributed by atoms with E-state index in [2.05, 4.69) is 15.3 Å². The molecule has 1 N–H and O–H groups in total. The lowest BCUT2D eigenvalue weighted by molar-refractivity contribution is 0.0955. The number of nitrogens with one attached hydrogen (secondary N) is 1. The normalized spacial score (nSPS) is 10.4. The molecule has 5 heteroatoms. The second-order valence-electron chi connectivity index (χ2n) is 4.84. The van der Waals surface area contributed by atoms with Gasteiger partial charge in [-0.2, -0.15) is 0 Å². The standard InChI is InChI=1S/C17H15N3OS/c1-12-4-5-15(22-12)17(21)20-11-14-3-2-8-19-16(14)13-6-9-18-10-7-13/h2-10H,11H2,1H3,(H,20,21). The third kappa shape index (κ3) is 3.20. The topological polar surface area (TPSA) is 54.9 Å². The van der Waals surface area contributed by atoms with Crippen molar-refractivity contribution in [2.24, 2.45) is 0 Å². The molecule has 1 amide bonds. The summed E-state index contributed by atoms with van der Waals surface area (Å²) in [4.78, 5) is 22.5. The highest BCUT2D eigenvalue weighted by Crippen LogP contribution is 2.20. The fraction of sp³-hybridized carbons (Fsp3) is 0.118. The highest BCUT2D eigenvalue weighted by Gasteiger charge is 2.10. The first-order valence-corrected chi connectivity index (χ1v) is 7.74. The maximum Gasteiger partial charge on any atom is 0.261 e. The molecule has 0 aliphatic heterocycles. The molecular weight excluding hydrogens is 294 g/mol. The number of pyridine rings is 2. The van der Waals surface area contributed by atoms with E-state index in [0.717, 1.165) is 26.6 Å². The molecule has 0 unspecified atom stereocenters. The number of hydrogen-bond donors (Lipinski definition) is 1. The Morgan fingerprint density at radius 2 is 1.95 bits per heavy atom. The van der Waals surface area contributed by atoms with E-state index in [1.165, 1.54) is 11.3 Å². The van der Waals surface area contributed by atoms with Gasteiger partial charge in [-0.15, -0.1) is 11.3 Å². The molecule has 0 bridgehead atoms. The van der Waals surface area contributed by atoms with Crippen LogP contribution in [0.4, 0.5) is 0 Å². The minimum atomic E-state index is -0.0531. The van der Waals surface area contributed by atoms with Crippen molar-refractivity contribution in [2.75, 3.05) is 0 Å². The molecular formula is C17H15N3OS. The van der Waals surface area contributed by atoms with Gasteiger partial charge in [-0.3, -0.25) is 14.8 Å². The predicted octanol–water partition coefficient (Wildman–Crippen LogP) is 3.44. The van der Waals surface area contributed by atoms with Crippen LogP contribution >= 0.6 is 11.3 Å². The van der Waals surface area contributed by atoms with Gasteiger partial charge in [-0.25, -0.2) is 0 Å². The van der Waals surface area contributed by atoms with Crippen LogP contribution in [0.3, 0.4) is 0 Å². The number of nitrogens with zero attached hydrogens (tertiary/aromatic N) is 2. The fourth-order valence-corrected chi connectivity index (χ4v) is 2.95. The summed E-state index contributed by atoms with van der Waals surface area (Å²) in [7, 11) is 0. The van der Waals surface area contributed by atoms with Crippen molar-refractivity contribution in [2.45, 2.75) is 13.5 Å². The third-order valence-electron chi connectivity index (χ3n) is 3.25. The number of carbonyl (C=O) groups is 1. The molecule has 3 rings (SSSR count). The van der Waals surface area contributed by atoms with Crippen LogP contribution in [-0.4, -0.2) is 15.9 Å². The van der Waals surface area contributed by atoms with Crippen LogP contribution in [0.5, 0.6) is 0 Å². The highest BCUT2D eigenvalue weighted by atomic mass is 32.1. The monoisotopic (exact) mass is 309 g/mol. The van der Waals surface area contributed by atoms with Crippen molar-refractivity contribution in [1.29, 1.82) is 0 Å². The fourth-order valence-electron chi connectivity index (χ4n) is 2.17. The zero-order chi connectivity index (χ0) is 15.4. The maximum absolute atomic E-state index is 12.1. The molecule has 3 heterocycles. The average molecular weight is 309 g/mol. The van der Waals surface area contributed by atoms with Gasteiger partial charge in [0.1, 0.15) is 0 Å². The summed E-state index contributed by atoms with van der Waals surface area (Å²) in [6.45, 7) is 2.44. The van der Waals surface area contributed by atoms with Gasteiger partial charge < -0.3 is 5.32 Å². The Balaban J connectivity index is 1.77. The Morgan fingerprint density at radius 3 is 2.68 bits per heavy atom. The van der Waals surface area contributed by atoms with E-state index in [4.69, 9.17) is 0 Å². The van der Waals surface area contributed by atoms with Gasteiger partial charge in [0.25, 0.3) is 5.91 Å². The summed E-state index contributed by atoms with van der Waals surface area (Å²) in [6, 6.07) is 11.5. The Kier molecular flexibility index (Phi) is 4.25. The quantitative estimate of drug-likeness (QED) is 0.803. The number of rotatable bonds is 4. The Labute approximate surface area is 132 Å². The average Bonchev–Trinajstić information content (AvgIpc) is 3.00. The van der Waals surface area contributed by atoms with Crippen molar-refractivity contribution < 1.29 is 4.79 Å². The van der Waals surface area contributed by atoms with Gasteiger partial charge in [0.05, 0.1) is 10.6 Å². The van der Waals surface area contributed by atoms with Crippen LogP contribution in [0.25, 0.3) is 11.3 Å². The van der Waals surface area contributed by atoms with E-state index in [0.29, 0.717) is 6.54 Å². The SMILES string of the molecule is Cc1ccc(C(=O)NCc2cccnc2-c2ccncc2)s1. The van der Waals surface area contributed by atoms with Crippen LogP contribution in [0, 0.1) is 6.92 Å². The molecule has 4 nitrogen and oxygen atoms in total. The minimum Gasteiger partial charge on any atom is -0.347 e. The molecule has 0 atom stereocenters. The van der Waals surface area contributed by atoms with E-state index in [1.54, 1.807) is 18.6 Å². The van der Waals surface area contributed by atoms with E-state index in [-0.39, 0.29) is 5.91 Å². The lowest BCUT2D eigenvalue weighted by Crippen LogP contribution is -2.22. The molecule has 0 fully saturated rings. The van der Waals surface area contributed by atoms with Gasteiger partial charge >= 0.3 is 0 Å². The number of amides is 1. The van der Waals surface area contributed by atoms with Crippen molar-refractivity contribution in [3.05, 3.63) is 70.3 Å². The second kappa shape index (κ2) is 6.49. The number of aryl methyl sites for hydroxylation is 1. The van der Waals surface area contributed by atoms with Crippen molar-refractivity contribution in [1.82, 2.24) is 15.3 Å². The molecule has 0 saturated carbocycles. The van der Waals surface area contributed by atoms with Crippen molar-refractivity contribution in [3.63, 3.8) is 0 Å². The smallest absolute Gasteiger partial charge is 0.261 e. The van der Waals surface area contributed by atoms with Gasteiger partial charge in [0, 0.05) is 35.6 Å². The third-order valence-corrected chi connectivity index (χ3v) is 4.25. The van der Waals surface area contributed by atoms with Gasteiger partial charge in [-0.1, -0.05) is 6.07 Å². The van der Waals surface area contributed by atoms with Crippen LogP contribution in [0.1, 0.15) is 20.1 Å². The van der Waals surface area contributed by atoms with E-state index >= 15 is 0 Å². The largest absolute Gasteiger partial charge is 0.347 e. The van der Waals surface area contributed by atoms with Crippen LogP contribution in [-0.2, 0) is 6.54 Å². The van der Waals surface area contributed by atoms with Crippen LogP contribution in [0.2, 0.25) is 0 Å². The Bertz CT molecular complexity index is 783. The Morgan fingerprint density at radius 1 is 1.14 bits per heavy atom. The molecule has 0 aliphatic carbocycles. The maximum atomic E-state index is 12.1. The first kappa shape index (κ1) is 14.4. The molecule has 22 heavy (non-hydrogen) atoms. The summed E-state index contributed by atoms with van der Waals surface area (Å²) in [5.41, 5.74) is 2.84. The lowest BCUT2D eigenvalue weighted by Gasteiger charge is -2.09. The number of hydrogen-bond acceptors (Lipinski definition) is 4. The molecule has 3 aromatic heterocycles. The zero-order valence-corrected chi connectivity index (χ0v) is 12.9. The number of carbonyl (C=O) groups excluding carboxylic acids is 1. The molecule has 110 valence electrons.